The Labute approximate surface area is 151 Å². The third kappa shape index (κ3) is 3.47. The molecular formula is C20H22N2O2S. The maximum Gasteiger partial charge on any atom is 0.254 e. The van der Waals surface area contributed by atoms with Gasteiger partial charge < -0.3 is 10.2 Å². The van der Waals surface area contributed by atoms with E-state index in [1.807, 2.05) is 21.7 Å². The second-order valence-electron chi connectivity index (χ2n) is 7.13. The number of amides is 2. The highest BCUT2D eigenvalue weighted by Crippen LogP contribution is 2.32. The Morgan fingerprint density at radius 2 is 1.88 bits per heavy atom. The summed E-state index contributed by atoms with van der Waals surface area (Å²) in [6.07, 6.45) is 1.98. The van der Waals surface area contributed by atoms with E-state index in [-0.39, 0.29) is 29.7 Å². The summed E-state index contributed by atoms with van der Waals surface area (Å²) >= 11 is 1.53. The number of nitrogens with one attached hydrogen (secondary N) is 1. The number of thiophene rings is 1. The highest BCUT2D eigenvalue weighted by atomic mass is 32.1. The quantitative estimate of drug-likeness (QED) is 0.917. The smallest absolute Gasteiger partial charge is 0.254 e. The van der Waals surface area contributed by atoms with Crippen molar-refractivity contribution in [1.29, 1.82) is 0 Å². The van der Waals surface area contributed by atoms with E-state index < -0.39 is 0 Å². The van der Waals surface area contributed by atoms with Crippen molar-refractivity contribution in [2.45, 2.75) is 31.7 Å². The molecule has 2 unspecified atom stereocenters. The maximum atomic E-state index is 12.7. The van der Waals surface area contributed by atoms with Gasteiger partial charge in [0.25, 0.3) is 5.91 Å². The van der Waals surface area contributed by atoms with Gasteiger partial charge in [0.2, 0.25) is 5.91 Å². The molecule has 0 radical (unpaired) electrons. The summed E-state index contributed by atoms with van der Waals surface area (Å²) in [7, 11) is 0. The van der Waals surface area contributed by atoms with E-state index in [1.165, 1.54) is 22.5 Å². The fraction of sp³-hybridized carbons (Fsp3) is 0.400. The fourth-order valence-corrected chi connectivity index (χ4v) is 4.11. The lowest BCUT2D eigenvalue weighted by molar-refractivity contribution is -0.123. The second-order valence-corrected chi connectivity index (χ2v) is 7.91. The van der Waals surface area contributed by atoms with Crippen LogP contribution >= 0.6 is 11.3 Å². The minimum Gasteiger partial charge on any atom is -0.351 e. The molecule has 2 aromatic rings. The van der Waals surface area contributed by atoms with Crippen LogP contribution in [0.1, 0.15) is 40.2 Å². The third-order valence-corrected chi connectivity index (χ3v) is 5.84. The summed E-state index contributed by atoms with van der Waals surface area (Å²) in [5.74, 6) is 0.527. The molecule has 1 N–H and O–H groups in total. The van der Waals surface area contributed by atoms with Gasteiger partial charge in [-0.25, -0.2) is 0 Å². The lowest BCUT2D eigenvalue weighted by atomic mass is 9.93. The van der Waals surface area contributed by atoms with E-state index >= 15 is 0 Å². The van der Waals surface area contributed by atoms with Crippen LogP contribution in [-0.2, 0) is 4.79 Å². The fourth-order valence-electron chi connectivity index (χ4n) is 3.48. The normalized spacial score (nSPS) is 22.8. The number of carbonyl (C=O) groups excluding carboxylic acids is 2. The van der Waals surface area contributed by atoms with E-state index in [4.69, 9.17) is 0 Å². The molecule has 1 saturated carbocycles. The Morgan fingerprint density at radius 1 is 1.12 bits per heavy atom. The zero-order valence-corrected chi connectivity index (χ0v) is 15.1. The monoisotopic (exact) mass is 354 g/mol. The molecule has 130 valence electrons. The van der Waals surface area contributed by atoms with Gasteiger partial charge in [-0.15, -0.1) is 0 Å². The molecule has 1 aromatic heterocycles. The zero-order chi connectivity index (χ0) is 17.4. The molecule has 0 bridgehead atoms. The van der Waals surface area contributed by atoms with Crippen molar-refractivity contribution in [1.82, 2.24) is 10.2 Å². The van der Waals surface area contributed by atoms with E-state index in [0.717, 1.165) is 18.4 Å². The van der Waals surface area contributed by atoms with Crippen LogP contribution in [0.3, 0.4) is 0 Å². The Kier molecular flexibility index (Phi) is 4.34. The van der Waals surface area contributed by atoms with Gasteiger partial charge in [-0.3, -0.25) is 9.59 Å². The predicted octanol–water partition coefficient (Wildman–Crippen LogP) is 3.19. The molecule has 5 heteroatoms. The third-order valence-electron chi connectivity index (χ3n) is 5.16. The number of aryl methyl sites for hydroxylation is 1. The van der Waals surface area contributed by atoms with Gasteiger partial charge >= 0.3 is 0 Å². The Morgan fingerprint density at radius 3 is 2.52 bits per heavy atom. The van der Waals surface area contributed by atoms with E-state index in [1.54, 1.807) is 0 Å². The molecule has 25 heavy (non-hydrogen) atoms. The van der Waals surface area contributed by atoms with Crippen LogP contribution in [-0.4, -0.2) is 35.8 Å². The van der Waals surface area contributed by atoms with Crippen LogP contribution in [0.5, 0.6) is 0 Å². The van der Waals surface area contributed by atoms with Crippen LogP contribution in [0.4, 0.5) is 0 Å². The molecule has 4 rings (SSSR count). The summed E-state index contributed by atoms with van der Waals surface area (Å²) < 4.78 is 0. The minimum absolute atomic E-state index is 0.0154. The first-order valence-corrected chi connectivity index (χ1v) is 9.74. The van der Waals surface area contributed by atoms with Crippen LogP contribution in [0.2, 0.25) is 0 Å². The lowest BCUT2D eigenvalue weighted by Gasteiger charge is -2.20. The van der Waals surface area contributed by atoms with Crippen LogP contribution in [0, 0.1) is 12.8 Å². The van der Waals surface area contributed by atoms with E-state index in [0.29, 0.717) is 13.1 Å². The molecule has 2 amide bonds. The topological polar surface area (TPSA) is 49.4 Å². The number of nitrogens with zero attached hydrogens (tertiary/aromatic N) is 1. The van der Waals surface area contributed by atoms with Gasteiger partial charge in [-0.2, -0.15) is 11.3 Å². The van der Waals surface area contributed by atoms with Crippen molar-refractivity contribution >= 4 is 23.2 Å². The van der Waals surface area contributed by atoms with Gasteiger partial charge in [0.15, 0.2) is 0 Å². The molecule has 2 fully saturated rings. The van der Waals surface area contributed by atoms with Gasteiger partial charge in [0.1, 0.15) is 0 Å². The summed E-state index contributed by atoms with van der Waals surface area (Å²) in [6, 6.07) is 10.3. The maximum absolute atomic E-state index is 12.7. The summed E-state index contributed by atoms with van der Waals surface area (Å²) in [5, 5.41) is 7.02. The van der Waals surface area contributed by atoms with Gasteiger partial charge in [-0.05, 0) is 36.8 Å². The average molecular weight is 354 g/mol. The Bertz CT molecular complexity index is 766. The molecule has 4 nitrogen and oxygen atoms in total. The summed E-state index contributed by atoms with van der Waals surface area (Å²) in [5.41, 5.74) is 3.14. The highest BCUT2D eigenvalue weighted by Gasteiger charge is 2.39. The van der Waals surface area contributed by atoms with Crippen LogP contribution < -0.4 is 5.32 Å². The lowest BCUT2D eigenvalue weighted by Crippen LogP contribution is -2.41. The molecule has 2 aliphatic rings. The van der Waals surface area contributed by atoms with Crippen molar-refractivity contribution in [2.24, 2.45) is 5.92 Å². The molecule has 1 saturated heterocycles. The van der Waals surface area contributed by atoms with E-state index in [9.17, 15) is 9.59 Å². The first-order chi connectivity index (χ1) is 12.1. The molecule has 0 spiro atoms. The molecule has 1 aromatic carbocycles. The minimum atomic E-state index is -0.0154. The number of rotatable bonds is 4. The number of carbonyl (C=O) groups is 2. The van der Waals surface area contributed by atoms with E-state index in [2.05, 4.69) is 36.5 Å². The average Bonchev–Trinajstić information content (AvgIpc) is 3.16. The molecule has 2 heterocycles. The predicted molar refractivity (Wildman–Crippen MR) is 98.8 cm³/mol. The largest absolute Gasteiger partial charge is 0.351 e. The second kappa shape index (κ2) is 6.64. The molecular weight excluding hydrogens is 332 g/mol. The standard InChI is InChI=1S/C20H22N2O2S/c1-13-2-4-14(5-3-13)17-10-22(20(24)16-8-9-25-12-16)11-18(17)21-19(23)15-6-7-15/h2-5,8-9,12,15,17-18H,6-7,10-11H2,1H3,(H,21,23). The van der Waals surface area contributed by atoms with Crippen molar-refractivity contribution in [3.8, 4) is 0 Å². The molecule has 2 atom stereocenters. The number of hydrogen-bond acceptors (Lipinski definition) is 3. The molecule has 1 aliphatic carbocycles. The number of benzene rings is 1. The number of likely N-dealkylation sites (tertiary alicyclic amines) is 1. The van der Waals surface area contributed by atoms with Gasteiger partial charge in [-0.1, -0.05) is 29.8 Å². The van der Waals surface area contributed by atoms with Crippen molar-refractivity contribution in [3.63, 3.8) is 0 Å². The summed E-state index contributed by atoms with van der Waals surface area (Å²) in [6.45, 7) is 3.29. The van der Waals surface area contributed by atoms with Crippen LogP contribution in [0.25, 0.3) is 0 Å². The first kappa shape index (κ1) is 16.3. The molecule has 1 aliphatic heterocycles. The zero-order valence-electron chi connectivity index (χ0n) is 14.3. The van der Waals surface area contributed by atoms with Crippen molar-refractivity contribution in [2.75, 3.05) is 13.1 Å². The van der Waals surface area contributed by atoms with Crippen molar-refractivity contribution < 1.29 is 9.59 Å². The van der Waals surface area contributed by atoms with Crippen molar-refractivity contribution in [3.05, 3.63) is 57.8 Å². The number of hydrogen-bond donors (Lipinski definition) is 1. The first-order valence-electron chi connectivity index (χ1n) is 8.80. The SMILES string of the molecule is Cc1ccc(C2CN(C(=O)c3ccsc3)CC2NC(=O)C2CC2)cc1. The van der Waals surface area contributed by atoms with Gasteiger partial charge in [0.05, 0.1) is 11.6 Å². The highest BCUT2D eigenvalue weighted by molar-refractivity contribution is 7.08. The Balaban J connectivity index is 1.55. The Hall–Kier alpha value is -2.14. The van der Waals surface area contributed by atoms with Gasteiger partial charge in [0, 0.05) is 30.3 Å². The summed E-state index contributed by atoms with van der Waals surface area (Å²) in [4.78, 5) is 26.9. The van der Waals surface area contributed by atoms with Crippen LogP contribution in [0.15, 0.2) is 41.1 Å².